The summed E-state index contributed by atoms with van der Waals surface area (Å²) in [4.78, 5) is 11.7. The number of methoxy groups -OCH3 is 2. The molecule has 1 atom stereocenters. The van der Waals surface area contributed by atoms with Gasteiger partial charge in [-0.2, -0.15) is 0 Å². The highest BCUT2D eigenvalue weighted by molar-refractivity contribution is 6.01. The van der Waals surface area contributed by atoms with Crippen LogP contribution < -0.4 is 4.74 Å². The van der Waals surface area contributed by atoms with Crippen LogP contribution in [0, 0.1) is 0 Å². The van der Waals surface area contributed by atoms with Gasteiger partial charge < -0.3 is 14.6 Å². The maximum absolute atomic E-state index is 14.8. The smallest absolute Gasteiger partial charge is 0.253 e. The molecule has 0 bridgehead atoms. The average Bonchev–Trinajstić information content (AvgIpc) is 2.82. The van der Waals surface area contributed by atoms with Gasteiger partial charge in [-0.15, -0.1) is 0 Å². The number of alkyl halides is 1. The van der Waals surface area contributed by atoms with Gasteiger partial charge >= 0.3 is 0 Å². The molecule has 1 N–H and O–H groups in total. The largest absolute Gasteiger partial charge is 0.507 e. The predicted octanol–water partition coefficient (Wildman–Crippen LogP) is 5.59. The first-order valence-electron chi connectivity index (χ1n) is 9.65. The lowest BCUT2D eigenvalue weighted by Gasteiger charge is -2.26. The standard InChI is InChI=1S/C13H11FO2.C13H12O2/c1-16-12-9-5-8-11(15)13(12,14)10-6-3-2-4-7-10;1-15-12-9-5-8-11(14)13(12)10-6-3-2-4-7-10/h2-9H,1H3;2-9,14H,1H3/t13-;/m0./s1. The van der Waals surface area contributed by atoms with E-state index in [-0.39, 0.29) is 17.1 Å². The zero-order valence-corrected chi connectivity index (χ0v) is 17.3. The summed E-state index contributed by atoms with van der Waals surface area (Å²) in [5.74, 6) is 0.325. The Kier molecular flexibility index (Phi) is 6.88. The number of aromatic hydroxyl groups is 1. The molecule has 0 radical (unpaired) electrons. The van der Waals surface area contributed by atoms with Gasteiger partial charge in [-0.1, -0.05) is 72.8 Å². The Hall–Kier alpha value is -3.86. The van der Waals surface area contributed by atoms with E-state index in [4.69, 9.17) is 9.47 Å². The van der Waals surface area contributed by atoms with Crippen LogP contribution in [0.4, 0.5) is 4.39 Å². The maximum Gasteiger partial charge on any atom is 0.253 e. The van der Waals surface area contributed by atoms with Crippen LogP contribution in [-0.2, 0) is 15.2 Å². The highest BCUT2D eigenvalue weighted by Crippen LogP contribution is 2.38. The molecule has 0 fully saturated rings. The van der Waals surface area contributed by atoms with Crippen molar-refractivity contribution < 1.29 is 23.8 Å². The predicted molar refractivity (Wildman–Crippen MR) is 119 cm³/mol. The van der Waals surface area contributed by atoms with Crippen molar-refractivity contribution in [2.45, 2.75) is 5.67 Å². The molecule has 0 spiro atoms. The summed E-state index contributed by atoms with van der Waals surface area (Å²) in [5, 5.41) is 9.80. The van der Waals surface area contributed by atoms with Crippen molar-refractivity contribution >= 4 is 5.78 Å². The molecule has 0 unspecified atom stereocenters. The molecule has 4 rings (SSSR count). The molecular weight excluding hydrogens is 395 g/mol. The van der Waals surface area contributed by atoms with Crippen LogP contribution in [0.5, 0.6) is 11.5 Å². The number of halogens is 1. The van der Waals surface area contributed by atoms with Gasteiger partial charge in [0.25, 0.3) is 5.67 Å². The fraction of sp³-hybridized carbons (Fsp3) is 0.115. The lowest BCUT2D eigenvalue weighted by Crippen LogP contribution is -2.34. The number of carbonyl (C=O) groups is 1. The minimum atomic E-state index is -2.19. The van der Waals surface area contributed by atoms with Gasteiger partial charge in [0.05, 0.1) is 19.8 Å². The monoisotopic (exact) mass is 418 g/mol. The quantitative estimate of drug-likeness (QED) is 0.600. The molecule has 0 amide bonds. The van der Waals surface area contributed by atoms with Crippen molar-refractivity contribution in [1.29, 1.82) is 0 Å². The third kappa shape index (κ3) is 4.51. The normalized spacial score (nSPS) is 17.3. The van der Waals surface area contributed by atoms with Gasteiger partial charge in [0, 0.05) is 5.56 Å². The molecule has 0 aliphatic heterocycles. The van der Waals surface area contributed by atoms with E-state index in [9.17, 15) is 14.3 Å². The number of ketones is 1. The first-order valence-corrected chi connectivity index (χ1v) is 9.65. The van der Waals surface area contributed by atoms with Crippen LogP contribution in [0.1, 0.15) is 5.56 Å². The van der Waals surface area contributed by atoms with Gasteiger partial charge in [0.1, 0.15) is 17.3 Å². The average molecular weight is 418 g/mol. The first kappa shape index (κ1) is 21.8. The summed E-state index contributed by atoms with van der Waals surface area (Å²) in [6.07, 6.45) is 4.17. The Morgan fingerprint density at radius 3 is 2.10 bits per heavy atom. The topological polar surface area (TPSA) is 55.8 Å². The Bertz CT molecular complexity index is 1090. The molecule has 158 valence electrons. The number of allylic oxidation sites excluding steroid dienone is 4. The fourth-order valence-corrected chi connectivity index (χ4v) is 3.32. The van der Waals surface area contributed by atoms with E-state index in [1.54, 1.807) is 49.6 Å². The van der Waals surface area contributed by atoms with Gasteiger partial charge in [-0.05, 0) is 29.8 Å². The Morgan fingerprint density at radius 1 is 0.839 bits per heavy atom. The Balaban J connectivity index is 0.000000176. The summed E-state index contributed by atoms with van der Waals surface area (Å²) in [6, 6.07) is 23.2. The number of benzene rings is 3. The zero-order chi connectivity index (χ0) is 22.3. The number of hydrogen-bond acceptors (Lipinski definition) is 4. The van der Waals surface area contributed by atoms with E-state index in [1.165, 1.54) is 25.3 Å². The van der Waals surface area contributed by atoms with E-state index in [1.807, 2.05) is 36.4 Å². The third-order valence-corrected chi connectivity index (χ3v) is 4.85. The molecule has 3 aromatic carbocycles. The lowest BCUT2D eigenvalue weighted by molar-refractivity contribution is -0.126. The van der Waals surface area contributed by atoms with Gasteiger partial charge in [0.2, 0.25) is 5.78 Å². The molecule has 0 saturated carbocycles. The van der Waals surface area contributed by atoms with Crippen molar-refractivity contribution in [3.63, 3.8) is 0 Å². The Morgan fingerprint density at radius 2 is 1.48 bits per heavy atom. The van der Waals surface area contributed by atoms with Crippen LogP contribution in [0.15, 0.2) is 103 Å². The van der Waals surface area contributed by atoms with Gasteiger partial charge in [-0.25, -0.2) is 4.39 Å². The summed E-state index contributed by atoms with van der Waals surface area (Å²) in [7, 11) is 2.96. The number of ether oxygens (including phenoxy) is 2. The van der Waals surface area contributed by atoms with E-state index >= 15 is 0 Å². The molecule has 1 aliphatic rings. The lowest BCUT2D eigenvalue weighted by atomic mass is 9.86. The summed E-state index contributed by atoms with van der Waals surface area (Å²) in [5.41, 5.74) is -0.212. The van der Waals surface area contributed by atoms with E-state index in [0.717, 1.165) is 11.1 Å². The number of carbonyl (C=O) groups excluding carboxylic acids is 1. The minimum absolute atomic E-state index is 0.0196. The molecule has 5 heteroatoms. The van der Waals surface area contributed by atoms with E-state index in [0.29, 0.717) is 5.75 Å². The van der Waals surface area contributed by atoms with E-state index < -0.39 is 11.5 Å². The first-order chi connectivity index (χ1) is 15.0. The number of hydrogen-bond donors (Lipinski definition) is 1. The second-order valence-electron chi connectivity index (χ2n) is 6.70. The highest BCUT2D eigenvalue weighted by Gasteiger charge is 2.45. The van der Waals surface area contributed by atoms with Crippen molar-refractivity contribution in [2.75, 3.05) is 14.2 Å². The molecule has 1 aliphatic carbocycles. The highest BCUT2D eigenvalue weighted by atomic mass is 19.1. The molecule has 3 aromatic rings. The van der Waals surface area contributed by atoms with Crippen LogP contribution in [0.2, 0.25) is 0 Å². The third-order valence-electron chi connectivity index (χ3n) is 4.85. The summed E-state index contributed by atoms with van der Waals surface area (Å²) < 4.78 is 24.9. The summed E-state index contributed by atoms with van der Waals surface area (Å²) in [6.45, 7) is 0. The summed E-state index contributed by atoms with van der Waals surface area (Å²) >= 11 is 0. The van der Waals surface area contributed by atoms with E-state index in [2.05, 4.69) is 0 Å². The van der Waals surface area contributed by atoms with Crippen molar-refractivity contribution in [2.24, 2.45) is 0 Å². The maximum atomic E-state index is 14.8. The number of rotatable bonds is 4. The molecule has 0 saturated heterocycles. The second-order valence-corrected chi connectivity index (χ2v) is 6.70. The number of phenolic OH excluding ortho intramolecular Hbond substituents is 1. The molecule has 4 nitrogen and oxygen atoms in total. The van der Waals surface area contributed by atoms with Crippen LogP contribution in [0.3, 0.4) is 0 Å². The van der Waals surface area contributed by atoms with Gasteiger partial charge in [-0.3, -0.25) is 4.79 Å². The second kappa shape index (κ2) is 9.76. The van der Waals surface area contributed by atoms with Crippen molar-refractivity contribution in [1.82, 2.24) is 0 Å². The zero-order valence-electron chi connectivity index (χ0n) is 17.3. The van der Waals surface area contributed by atoms with Crippen LogP contribution in [0.25, 0.3) is 11.1 Å². The minimum Gasteiger partial charge on any atom is -0.507 e. The fourth-order valence-electron chi connectivity index (χ4n) is 3.32. The molecule has 31 heavy (non-hydrogen) atoms. The van der Waals surface area contributed by atoms with Crippen molar-refractivity contribution in [3.05, 3.63) is 108 Å². The SMILES string of the molecule is COC1=CC=CC(=O)[C@@]1(F)c1ccccc1.COc1cccc(O)c1-c1ccccc1. The molecular formula is C26H23FO4. The molecule has 0 aromatic heterocycles. The Labute approximate surface area is 180 Å². The van der Waals surface area contributed by atoms with Crippen molar-refractivity contribution in [3.8, 4) is 22.6 Å². The van der Waals surface area contributed by atoms with Crippen LogP contribution >= 0.6 is 0 Å². The van der Waals surface area contributed by atoms with Gasteiger partial charge in [0.15, 0.2) is 0 Å². The molecule has 0 heterocycles. The van der Waals surface area contributed by atoms with Crippen LogP contribution in [-0.4, -0.2) is 25.1 Å². The number of phenols is 1.